The number of ether oxygens (including phenoxy) is 1. The van der Waals surface area contributed by atoms with E-state index in [0.29, 0.717) is 6.42 Å². The highest BCUT2D eigenvalue weighted by molar-refractivity contribution is 5.68. The van der Waals surface area contributed by atoms with Crippen LogP contribution in [0.2, 0.25) is 0 Å². The molecule has 0 saturated carbocycles. The fourth-order valence-corrected chi connectivity index (χ4v) is 2.73. The Labute approximate surface area is 115 Å². The molecule has 1 amide bonds. The van der Waals surface area contributed by atoms with E-state index in [1.807, 2.05) is 27.7 Å². The first-order chi connectivity index (χ1) is 8.32. The van der Waals surface area contributed by atoms with E-state index in [-0.39, 0.29) is 5.54 Å². The molecule has 0 spiro atoms. The third-order valence-corrected chi connectivity index (χ3v) is 3.14. The van der Waals surface area contributed by atoms with E-state index in [4.69, 9.17) is 4.74 Å². The lowest BCUT2D eigenvalue weighted by Gasteiger charge is -2.48. The SMILES string of the molecule is CC1(C)C[C@H](NC(=O)OC(C)(C)C)[C@H](F)C(C)(C)N1. The number of alkyl carbamates (subject to hydrolysis) is 1. The van der Waals surface area contributed by atoms with Gasteiger partial charge in [-0.15, -0.1) is 0 Å². The summed E-state index contributed by atoms with van der Waals surface area (Å²) in [6.45, 7) is 13.0. The summed E-state index contributed by atoms with van der Waals surface area (Å²) in [5.41, 5.74) is -1.49. The van der Waals surface area contributed by atoms with Crippen molar-refractivity contribution in [1.82, 2.24) is 10.6 Å². The number of hydrogen-bond donors (Lipinski definition) is 2. The Kier molecular flexibility index (Phi) is 4.20. The van der Waals surface area contributed by atoms with Crippen LogP contribution >= 0.6 is 0 Å². The van der Waals surface area contributed by atoms with Gasteiger partial charge in [0.15, 0.2) is 0 Å². The second-order valence-electron chi connectivity index (χ2n) is 7.59. The minimum Gasteiger partial charge on any atom is -0.444 e. The lowest BCUT2D eigenvalue weighted by Crippen LogP contribution is -2.69. The summed E-state index contributed by atoms with van der Waals surface area (Å²) < 4.78 is 19.6. The van der Waals surface area contributed by atoms with Gasteiger partial charge in [0.05, 0.1) is 6.04 Å². The van der Waals surface area contributed by atoms with Crippen molar-refractivity contribution >= 4 is 6.09 Å². The zero-order valence-electron chi connectivity index (χ0n) is 13.1. The van der Waals surface area contributed by atoms with Crippen LogP contribution in [0, 0.1) is 0 Å². The molecule has 2 N–H and O–H groups in total. The number of alkyl halides is 1. The van der Waals surface area contributed by atoms with Gasteiger partial charge in [-0.1, -0.05) is 0 Å². The largest absolute Gasteiger partial charge is 0.444 e. The van der Waals surface area contributed by atoms with Gasteiger partial charge in [-0.3, -0.25) is 0 Å². The molecule has 0 aliphatic carbocycles. The maximum atomic E-state index is 14.4. The van der Waals surface area contributed by atoms with E-state index >= 15 is 0 Å². The van der Waals surface area contributed by atoms with Crippen molar-refractivity contribution < 1.29 is 13.9 Å². The summed E-state index contributed by atoms with van der Waals surface area (Å²) in [4.78, 5) is 11.8. The molecule has 0 radical (unpaired) electrons. The number of halogens is 1. The molecule has 112 valence electrons. The summed E-state index contributed by atoms with van der Waals surface area (Å²) in [6, 6.07) is -0.541. The predicted octanol–water partition coefficient (Wildman–Crippen LogP) is 2.77. The average Bonchev–Trinajstić information content (AvgIpc) is 2.07. The number of amides is 1. The summed E-state index contributed by atoms with van der Waals surface area (Å²) in [6.07, 6.45) is -1.20. The lowest BCUT2D eigenvalue weighted by molar-refractivity contribution is 0.0218. The molecule has 1 fully saturated rings. The monoisotopic (exact) mass is 274 g/mol. The van der Waals surface area contributed by atoms with Crippen LogP contribution in [-0.2, 0) is 4.74 Å². The molecule has 2 atom stereocenters. The maximum Gasteiger partial charge on any atom is 0.407 e. The summed E-state index contributed by atoms with van der Waals surface area (Å²) >= 11 is 0. The zero-order chi connectivity index (χ0) is 15.1. The van der Waals surface area contributed by atoms with Gasteiger partial charge in [-0.2, -0.15) is 0 Å². The molecule has 1 heterocycles. The Bertz CT molecular complexity index is 348. The van der Waals surface area contributed by atoms with Gasteiger partial charge in [-0.05, 0) is 54.9 Å². The van der Waals surface area contributed by atoms with Crippen LogP contribution in [-0.4, -0.2) is 35.0 Å². The molecule has 1 aliphatic heterocycles. The van der Waals surface area contributed by atoms with Crippen molar-refractivity contribution in [3.63, 3.8) is 0 Å². The molecular formula is C14H27FN2O2. The molecule has 1 rings (SSSR count). The molecule has 1 aliphatic rings. The van der Waals surface area contributed by atoms with E-state index in [1.165, 1.54) is 0 Å². The standard InChI is InChI=1S/C14H27FN2O2/c1-12(2,3)19-11(18)16-9-8-13(4,5)17-14(6,7)10(9)15/h9-10,17H,8H2,1-7H3,(H,16,18)/t9-,10-/m0/s1. The second-order valence-corrected chi connectivity index (χ2v) is 7.59. The van der Waals surface area contributed by atoms with Gasteiger partial charge in [0.1, 0.15) is 11.8 Å². The minimum atomic E-state index is -1.16. The highest BCUT2D eigenvalue weighted by Crippen LogP contribution is 2.31. The smallest absolute Gasteiger partial charge is 0.407 e. The van der Waals surface area contributed by atoms with E-state index in [2.05, 4.69) is 10.6 Å². The van der Waals surface area contributed by atoms with Gasteiger partial charge in [0.25, 0.3) is 0 Å². The first kappa shape index (κ1) is 16.2. The highest BCUT2D eigenvalue weighted by atomic mass is 19.1. The fraction of sp³-hybridized carbons (Fsp3) is 0.929. The summed E-state index contributed by atoms with van der Waals surface area (Å²) in [7, 11) is 0. The van der Waals surface area contributed by atoms with Gasteiger partial charge in [-0.25, -0.2) is 9.18 Å². The van der Waals surface area contributed by atoms with E-state index in [0.717, 1.165) is 0 Å². The Morgan fingerprint density at radius 3 is 2.32 bits per heavy atom. The van der Waals surface area contributed by atoms with Crippen LogP contribution in [0.15, 0.2) is 0 Å². The molecule has 0 aromatic rings. The van der Waals surface area contributed by atoms with Gasteiger partial charge in [0.2, 0.25) is 0 Å². The van der Waals surface area contributed by atoms with Crippen LogP contribution in [0.1, 0.15) is 54.9 Å². The molecule has 0 aromatic heterocycles. The molecule has 4 nitrogen and oxygen atoms in total. The topological polar surface area (TPSA) is 50.4 Å². The molecule has 1 saturated heterocycles. The van der Waals surface area contributed by atoms with Crippen molar-refractivity contribution in [3.05, 3.63) is 0 Å². The van der Waals surface area contributed by atoms with E-state index in [1.54, 1.807) is 20.8 Å². The molecular weight excluding hydrogens is 247 g/mol. The third-order valence-electron chi connectivity index (χ3n) is 3.14. The Morgan fingerprint density at radius 1 is 1.32 bits per heavy atom. The van der Waals surface area contributed by atoms with Crippen molar-refractivity contribution in [1.29, 1.82) is 0 Å². The Balaban J connectivity index is 2.74. The number of hydrogen-bond acceptors (Lipinski definition) is 3. The van der Waals surface area contributed by atoms with Crippen LogP contribution in [0.3, 0.4) is 0 Å². The van der Waals surface area contributed by atoms with Gasteiger partial charge in [0, 0.05) is 11.1 Å². The van der Waals surface area contributed by atoms with Crippen LogP contribution in [0.4, 0.5) is 9.18 Å². The third kappa shape index (κ3) is 4.64. The van der Waals surface area contributed by atoms with Crippen molar-refractivity contribution in [2.45, 2.75) is 83.8 Å². The second kappa shape index (κ2) is 4.93. The summed E-state index contributed by atoms with van der Waals surface area (Å²) in [5, 5.41) is 5.93. The van der Waals surface area contributed by atoms with E-state index in [9.17, 15) is 9.18 Å². The predicted molar refractivity (Wildman–Crippen MR) is 74.0 cm³/mol. The highest BCUT2D eigenvalue weighted by Gasteiger charge is 2.47. The molecule has 5 heteroatoms. The quantitative estimate of drug-likeness (QED) is 0.773. The Morgan fingerprint density at radius 2 is 1.84 bits per heavy atom. The van der Waals surface area contributed by atoms with E-state index < -0.39 is 29.4 Å². The van der Waals surface area contributed by atoms with Gasteiger partial charge < -0.3 is 15.4 Å². The number of rotatable bonds is 1. The first-order valence-corrected chi connectivity index (χ1v) is 6.75. The zero-order valence-corrected chi connectivity index (χ0v) is 13.1. The maximum absolute atomic E-state index is 14.4. The lowest BCUT2D eigenvalue weighted by atomic mass is 9.78. The average molecular weight is 274 g/mol. The fourth-order valence-electron chi connectivity index (χ4n) is 2.73. The number of piperidine rings is 1. The number of carbonyl (C=O) groups excluding carboxylic acids is 1. The van der Waals surface area contributed by atoms with Crippen molar-refractivity contribution in [3.8, 4) is 0 Å². The van der Waals surface area contributed by atoms with Crippen LogP contribution in [0.5, 0.6) is 0 Å². The molecule has 19 heavy (non-hydrogen) atoms. The first-order valence-electron chi connectivity index (χ1n) is 6.75. The van der Waals surface area contributed by atoms with Crippen molar-refractivity contribution in [2.24, 2.45) is 0 Å². The summed E-state index contributed by atoms with van der Waals surface area (Å²) in [5.74, 6) is 0. The van der Waals surface area contributed by atoms with Crippen LogP contribution < -0.4 is 10.6 Å². The Hall–Kier alpha value is -0.840. The normalized spacial score (nSPS) is 29.7. The van der Waals surface area contributed by atoms with Crippen LogP contribution in [0.25, 0.3) is 0 Å². The minimum absolute atomic E-state index is 0.230. The molecule has 0 unspecified atom stereocenters. The number of carbonyl (C=O) groups is 1. The molecule has 0 bridgehead atoms. The molecule has 0 aromatic carbocycles. The number of nitrogens with one attached hydrogen (secondary N) is 2. The van der Waals surface area contributed by atoms with Crippen molar-refractivity contribution in [2.75, 3.05) is 0 Å². The van der Waals surface area contributed by atoms with Gasteiger partial charge >= 0.3 is 6.09 Å².